The van der Waals surface area contributed by atoms with E-state index in [1.165, 1.54) is 10.9 Å². The molecule has 6 nitrogen and oxygen atoms in total. The van der Waals surface area contributed by atoms with Crippen molar-refractivity contribution in [2.45, 2.75) is 19.8 Å². The first-order chi connectivity index (χ1) is 8.99. The number of aromatic nitrogens is 2. The molecule has 0 aliphatic rings. The number of nitrogens with zero attached hydrogens (tertiary/aromatic N) is 3. The predicted octanol–water partition coefficient (Wildman–Crippen LogP) is 3.24. The molecule has 1 heterocycles. The van der Waals surface area contributed by atoms with Crippen LogP contribution in [0.25, 0.3) is 0 Å². The van der Waals surface area contributed by atoms with E-state index in [4.69, 9.17) is 4.74 Å². The lowest BCUT2D eigenvalue weighted by molar-refractivity contribution is -0.390. The van der Waals surface area contributed by atoms with Gasteiger partial charge >= 0.3 is 11.7 Å². The third kappa shape index (κ3) is 2.73. The van der Waals surface area contributed by atoms with Gasteiger partial charge in [-0.3, -0.25) is 4.57 Å². The van der Waals surface area contributed by atoms with Crippen molar-refractivity contribution in [3.8, 4) is 11.6 Å². The van der Waals surface area contributed by atoms with E-state index >= 15 is 0 Å². The molecule has 2 rings (SSSR count). The van der Waals surface area contributed by atoms with E-state index in [9.17, 15) is 10.1 Å². The zero-order chi connectivity index (χ0) is 14.0. The van der Waals surface area contributed by atoms with Gasteiger partial charge in [-0.2, -0.15) is 0 Å². The summed E-state index contributed by atoms with van der Waals surface area (Å²) in [7, 11) is 1.65. The van der Waals surface area contributed by atoms with Crippen LogP contribution in [0.15, 0.2) is 30.6 Å². The molecular weight excluding hydrogens is 246 g/mol. The van der Waals surface area contributed by atoms with Crippen LogP contribution in [0.4, 0.5) is 5.82 Å². The summed E-state index contributed by atoms with van der Waals surface area (Å²) in [6.07, 6.45) is 1.36. The summed E-state index contributed by atoms with van der Waals surface area (Å²) in [5.41, 5.74) is 1.11. The zero-order valence-corrected chi connectivity index (χ0v) is 11.0. The van der Waals surface area contributed by atoms with Gasteiger partial charge in [0.05, 0.1) is 0 Å². The van der Waals surface area contributed by atoms with E-state index in [0.29, 0.717) is 11.7 Å². The zero-order valence-electron chi connectivity index (χ0n) is 11.0. The minimum atomic E-state index is -0.554. The van der Waals surface area contributed by atoms with Crippen LogP contribution in [0.3, 0.4) is 0 Å². The molecule has 0 spiro atoms. The second-order valence-corrected chi connectivity index (χ2v) is 4.57. The summed E-state index contributed by atoms with van der Waals surface area (Å²) >= 11 is 0. The molecule has 100 valence electrons. The van der Waals surface area contributed by atoms with Crippen molar-refractivity contribution < 1.29 is 9.66 Å². The Hall–Kier alpha value is -2.37. The Kier molecular flexibility index (Phi) is 3.50. The molecule has 0 fully saturated rings. The average molecular weight is 261 g/mol. The quantitative estimate of drug-likeness (QED) is 0.625. The highest BCUT2D eigenvalue weighted by atomic mass is 16.6. The summed E-state index contributed by atoms with van der Waals surface area (Å²) < 4.78 is 7.08. The molecule has 0 unspecified atom stereocenters. The van der Waals surface area contributed by atoms with E-state index in [-0.39, 0.29) is 11.7 Å². The first-order valence-corrected chi connectivity index (χ1v) is 5.92. The van der Waals surface area contributed by atoms with Crippen molar-refractivity contribution in [2.24, 2.45) is 7.05 Å². The third-order valence-electron chi connectivity index (χ3n) is 2.78. The largest absolute Gasteiger partial charge is 0.434 e. The molecule has 0 amide bonds. The highest BCUT2D eigenvalue weighted by Crippen LogP contribution is 2.30. The molecule has 0 saturated heterocycles. The number of hydrogen-bond acceptors (Lipinski definition) is 4. The fraction of sp³-hybridized carbons (Fsp3) is 0.308. The Morgan fingerprint density at radius 2 is 2.16 bits per heavy atom. The molecular formula is C13H15N3O3. The van der Waals surface area contributed by atoms with Crippen molar-refractivity contribution in [1.29, 1.82) is 0 Å². The second-order valence-electron chi connectivity index (χ2n) is 4.57. The van der Waals surface area contributed by atoms with Gasteiger partial charge in [0, 0.05) is 7.05 Å². The third-order valence-corrected chi connectivity index (χ3v) is 2.78. The van der Waals surface area contributed by atoms with Crippen LogP contribution in [-0.4, -0.2) is 14.5 Å². The van der Waals surface area contributed by atoms with Crippen molar-refractivity contribution in [3.05, 3.63) is 46.3 Å². The summed E-state index contributed by atoms with van der Waals surface area (Å²) in [6.45, 7) is 4.15. The number of imidazole rings is 1. The van der Waals surface area contributed by atoms with Crippen LogP contribution in [0, 0.1) is 10.1 Å². The number of hydrogen-bond donors (Lipinski definition) is 0. The van der Waals surface area contributed by atoms with Gasteiger partial charge in [-0.15, -0.1) is 0 Å². The summed E-state index contributed by atoms with van der Waals surface area (Å²) in [4.78, 5) is 14.0. The first-order valence-electron chi connectivity index (χ1n) is 5.92. The lowest BCUT2D eigenvalue weighted by Gasteiger charge is -2.09. The molecule has 0 bridgehead atoms. The topological polar surface area (TPSA) is 70.2 Å². The Morgan fingerprint density at radius 1 is 1.42 bits per heavy atom. The Morgan fingerprint density at radius 3 is 2.79 bits per heavy atom. The highest BCUT2D eigenvalue weighted by molar-refractivity contribution is 5.39. The second kappa shape index (κ2) is 5.09. The van der Waals surface area contributed by atoms with Crippen molar-refractivity contribution in [2.75, 3.05) is 0 Å². The van der Waals surface area contributed by atoms with Crippen molar-refractivity contribution in [1.82, 2.24) is 9.55 Å². The molecule has 0 atom stereocenters. The summed E-state index contributed by atoms with van der Waals surface area (Å²) in [5, 5.41) is 10.9. The lowest BCUT2D eigenvalue weighted by Crippen LogP contribution is -1.97. The van der Waals surface area contributed by atoms with E-state index in [1.807, 2.05) is 18.2 Å². The molecule has 2 aromatic rings. The Balaban J connectivity index is 2.33. The molecule has 19 heavy (non-hydrogen) atoms. The first kappa shape index (κ1) is 13.1. The lowest BCUT2D eigenvalue weighted by atomic mass is 10.0. The number of rotatable bonds is 4. The number of benzene rings is 1. The standard InChI is InChI=1S/C13H15N3O3/c1-9(2)10-5-4-6-11(7-10)19-13-12(16(17)18)14-8-15(13)3/h4-9H,1-3H3. The maximum Gasteiger partial charge on any atom is 0.427 e. The van der Waals surface area contributed by atoms with Gasteiger partial charge in [0.25, 0.3) is 0 Å². The fourth-order valence-electron chi connectivity index (χ4n) is 1.70. The Labute approximate surface area is 110 Å². The number of ether oxygens (including phenoxy) is 1. The summed E-state index contributed by atoms with van der Waals surface area (Å²) in [6, 6.07) is 7.51. The summed E-state index contributed by atoms with van der Waals surface area (Å²) in [5.74, 6) is 0.784. The van der Waals surface area contributed by atoms with Gasteiger partial charge in [-0.05, 0) is 33.5 Å². The molecule has 0 aliphatic heterocycles. The van der Waals surface area contributed by atoms with Crippen LogP contribution < -0.4 is 4.74 Å². The van der Waals surface area contributed by atoms with Gasteiger partial charge in [0.1, 0.15) is 5.75 Å². The number of aryl methyl sites for hydroxylation is 1. The van der Waals surface area contributed by atoms with Gasteiger partial charge in [0.2, 0.25) is 6.33 Å². The molecule has 6 heteroatoms. The minimum Gasteiger partial charge on any atom is -0.434 e. The maximum atomic E-state index is 10.9. The van der Waals surface area contributed by atoms with Crippen LogP contribution in [0.1, 0.15) is 25.3 Å². The molecule has 0 N–H and O–H groups in total. The average Bonchev–Trinajstić information content (AvgIpc) is 2.71. The monoisotopic (exact) mass is 261 g/mol. The van der Waals surface area contributed by atoms with Crippen LogP contribution in [0.5, 0.6) is 11.6 Å². The normalized spacial score (nSPS) is 10.7. The molecule has 1 aromatic heterocycles. The molecule has 1 aromatic carbocycles. The highest BCUT2D eigenvalue weighted by Gasteiger charge is 2.22. The van der Waals surface area contributed by atoms with Crippen molar-refractivity contribution >= 4 is 5.82 Å². The SMILES string of the molecule is CC(C)c1cccc(Oc2c([N+](=O)[O-])ncn2C)c1. The van der Waals surface area contributed by atoms with Gasteiger partial charge in [-0.25, -0.2) is 0 Å². The van der Waals surface area contributed by atoms with E-state index in [1.54, 1.807) is 13.1 Å². The Bertz CT molecular complexity index is 605. The van der Waals surface area contributed by atoms with Crippen LogP contribution in [0.2, 0.25) is 0 Å². The molecule has 0 saturated carbocycles. The molecule has 0 radical (unpaired) electrons. The van der Waals surface area contributed by atoms with E-state index in [0.717, 1.165) is 5.56 Å². The number of nitro groups is 1. The molecule has 0 aliphatic carbocycles. The van der Waals surface area contributed by atoms with E-state index < -0.39 is 4.92 Å². The predicted molar refractivity (Wildman–Crippen MR) is 70.5 cm³/mol. The maximum absolute atomic E-state index is 10.9. The van der Waals surface area contributed by atoms with Crippen LogP contribution >= 0.6 is 0 Å². The van der Waals surface area contributed by atoms with Gasteiger partial charge in [0.15, 0.2) is 0 Å². The minimum absolute atomic E-state index is 0.130. The van der Waals surface area contributed by atoms with Gasteiger partial charge < -0.3 is 14.9 Å². The van der Waals surface area contributed by atoms with Crippen LogP contribution in [-0.2, 0) is 7.05 Å². The fourth-order valence-corrected chi connectivity index (χ4v) is 1.70. The van der Waals surface area contributed by atoms with E-state index in [2.05, 4.69) is 18.8 Å². The van der Waals surface area contributed by atoms with Crippen molar-refractivity contribution in [3.63, 3.8) is 0 Å². The van der Waals surface area contributed by atoms with Gasteiger partial charge in [-0.1, -0.05) is 26.0 Å². The smallest absolute Gasteiger partial charge is 0.427 e.